The van der Waals surface area contributed by atoms with Gasteiger partial charge in [-0.1, -0.05) is 142 Å². The molecule has 0 saturated carbocycles. The molecule has 0 bridgehead atoms. The quantitative estimate of drug-likeness (QED) is 0.168. The van der Waals surface area contributed by atoms with Crippen LogP contribution in [0.2, 0.25) is 0 Å². The maximum atomic E-state index is 11.8. The summed E-state index contributed by atoms with van der Waals surface area (Å²) in [6.45, 7) is 4.51. The van der Waals surface area contributed by atoms with Gasteiger partial charge >= 0.3 is 0 Å². The number of rotatable bonds is 23. The molecule has 0 rings (SSSR count). The molecule has 0 heterocycles. The van der Waals surface area contributed by atoms with Gasteiger partial charge in [0, 0.05) is 0 Å². The van der Waals surface area contributed by atoms with Gasteiger partial charge in [0.05, 0.1) is 0 Å². The van der Waals surface area contributed by atoms with Gasteiger partial charge in [-0.25, -0.2) is 0 Å². The maximum Gasteiger partial charge on any atom is 0.249 e. The average Bonchev–Trinajstić information content (AvgIpc) is 2.70. The summed E-state index contributed by atoms with van der Waals surface area (Å²) in [5.41, 5.74) is 4.25. The highest BCUT2D eigenvalue weighted by Gasteiger charge is 2.32. The van der Waals surface area contributed by atoms with E-state index in [1.54, 1.807) is 0 Å². The fraction of sp³-hybridized carbons (Fsp3) is 0.962. The first-order valence-corrected chi connectivity index (χ1v) is 13.1. The number of unbranched alkanes of at least 4 members (excludes halogenated alkanes) is 18. The molecule has 0 spiro atoms. The number of amides is 1. The van der Waals surface area contributed by atoms with Crippen molar-refractivity contribution in [3.8, 4) is 0 Å². The molecule has 0 unspecified atom stereocenters. The van der Waals surface area contributed by atoms with Crippen molar-refractivity contribution in [3.63, 3.8) is 0 Å². The molecule has 0 atom stereocenters. The normalized spacial score (nSPS) is 11.8. The summed E-state index contributed by atoms with van der Waals surface area (Å²) in [6.07, 6.45) is 26.3. The van der Waals surface area contributed by atoms with Crippen LogP contribution < -0.4 is 5.73 Å². The molecule has 3 N–H and O–H groups in total. The highest BCUT2D eigenvalue weighted by molar-refractivity contribution is 5.83. The first-order valence-electron chi connectivity index (χ1n) is 13.1. The highest BCUT2D eigenvalue weighted by Crippen LogP contribution is 2.23. The van der Waals surface area contributed by atoms with E-state index in [2.05, 4.69) is 13.8 Å². The summed E-state index contributed by atoms with van der Waals surface area (Å²) < 4.78 is 0. The van der Waals surface area contributed by atoms with Crippen molar-refractivity contribution in [2.75, 3.05) is 0 Å². The molecule has 174 valence electrons. The minimum atomic E-state index is -1.28. The second-order valence-electron chi connectivity index (χ2n) is 9.26. The molecule has 29 heavy (non-hydrogen) atoms. The Bertz CT molecular complexity index is 333. The highest BCUT2D eigenvalue weighted by atomic mass is 16.3. The van der Waals surface area contributed by atoms with Crippen LogP contribution in [0, 0.1) is 0 Å². The standard InChI is InChI=1S/C26H53NO2/c1-3-5-7-9-11-13-15-17-19-21-23-26(29,25(27)28)24-22-20-18-16-14-12-10-8-6-4-2/h29H,3-24H2,1-2H3,(H2,27,28). The van der Waals surface area contributed by atoms with E-state index < -0.39 is 11.5 Å². The minimum Gasteiger partial charge on any atom is -0.380 e. The van der Waals surface area contributed by atoms with Gasteiger partial charge in [0.1, 0.15) is 5.60 Å². The van der Waals surface area contributed by atoms with Crippen LogP contribution in [0.15, 0.2) is 0 Å². The lowest BCUT2D eigenvalue weighted by atomic mass is 9.89. The smallest absolute Gasteiger partial charge is 0.249 e. The molecule has 0 radical (unpaired) electrons. The second-order valence-corrected chi connectivity index (χ2v) is 9.26. The van der Waals surface area contributed by atoms with E-state index in [4.69, 9.17) is 5.73 Å². The van der Waals surface area contributed by atoms with Crippen LogP contribution in [0.5, 0.6) is 0 Å². The van der Waals surface area contributed by atoms with E-state index in [-0.39, 0.29) is 0 Å². The van der Waals surface area contributed by atoms with Crippen LogP contribution in [0.3, 0.4) is 0 Å². The first kappa shape index (κ1) is 28.4. The monoisotopic (exact) mass is 411 g/mol. The van der Waals surface area contributed by atoms with Crippen molar-refractivity contribution < 1.29 is 9.90 Å². The van der Waals surface area contributed by atoms with Gasteiger partial charge in [-0.05, 0) is 12.8 Å². The van der Waals surface area contributed by atoms with Crippen molar-refractivity contribution in [2.45, 2.75) is 161 Å². The van der Waals surface area contributed by atoms with Crippen molar-refractivity contribution in [1.82, 2.24) is 0 Å². The Kier molecular flexibility index (Phi) is 20.3. The summed E-state index contributed by atoms with van der Waals surface area (Å²) in [5.74, 6) is -0.524. The Balaban J connectivity index is 3.65. The van der Waals surface area contributed by atoms with Gasteiger partial charge in [0.25, 0.3) is 0 Å². The predicted molar refractivity (Wildman–Crippen MR) is 127 cm³/mol. The van der Waals surface area contributed by atoms with Crippen LogP contribution in [-0.4, -0.2) is 16.6 Å². The van der Waals surface area contributed by atoms with Crippen LogP contribution >= 0.6 is 0 Å². The van der Waals surface area contributed by atoms with E-state index in [0.29, 0.717) is 12.8 Å². The van der Waals surface area contributed by atoms with E-state index in [9.17, 15) is 9.90 Å². The molecular formula is C26H53NO2. The molecule has 0 aromatic carbocycles. The van der Waals surface area contributed by atoms with E-state index in [1.807, 2.05) is 0 Å². The Hall–Kier alpha value is -0.570. The molecule has 3 nitrogen and oxygen atoms in total. The van der Waals surface area contributed by atoms with Gasteiger partial charge in [-0.15, -0.1) is 0 Å². The summed E-state index contributed by atoms with van der Waals surface area (Å²) in [5, 5.41) is 10.7. The average molecular weight is 412 g/mol. The van der Waals surface area contributed by atoms with Gasteiger partial charge < -0.3 is 10.8 Å². The SMILES string of the molecule is CCCCCCCCCCCCC(O)(CCCCCCCCCCCC)C(N)=O. The number of hydrogen-bond donors (Lipinski definition) is 2. The van der Waals surface area contributed by atoms with E-state index >= 15 is 0 Å². The zero-order valence-electron chi connectivity index (χ0n) is 20.0. The molecular weight excluding hydrogens is 358 g/mol. The topological polar surface area (TPSA) is 63.3 Å². The summed E-state index contributed by atoms with van der Waals surface area (Å²) in [6, 6.07) is 0. The fourth-order valence-corrected chi connectivity index (χ4v) is 4.18. The number of nitrogens with two attached hydrogens (primary N) is 1. The lowest BCUT2D eigenvalue weighted by Gasteiger charge is -2.24. The molecule has 3 heteroatoms. The van der Waals surface area contributed by atoms with E-state index in [0.717, 1.165) is 25.7 Å². The second kappa shape index (κ2) is 20.7. The third-order valence-corrected chi connectivity index (χ3v) is 6.35. The van der Waals surface area contributed by atoms with Crippen LogP contribution in [-0.2, 0) is 4.79 Å². The lowest BCUT2D eigenvalue weighted by molar-refractivity contribution is -0.138. The molecule has 0 aliphatic carbocycles. The van der Waals surface area contributed by atoms with Gasteiger partial charge in [-0.3, -0.25) is 4.79 Å². The van der Waals surface area contributed by atoms with Gasteiger partial charge in [-0.2, -0.15) is 0 Å². The fourth-order valence-electron chi connectivity index (χ4n) is 4.18. The Morgan fingerprint density at radius 2 is 0.793 bits per heavy atom. The number of carbonyl (C=O) groups is 1. The summed E-state index contributed by atoms with van der Waals surface area (Å²) >= 11 is 0. The zero-order valence-corrected chi connectivity index (χ0v) is 20.0. The number of primary amides is 1. The number of hydrogen-bond acceptors (Lipinski definition) is 2. The Labute approximate surface area is 182 Å². The molecule has 0 aliphatic rings. The lowest BCUT2D eigenvalue weighted by Crippen LogP contribution is -2.43. The molecule has 0 aromatic rings. The predicted octanol–water partition coefficient (Wildman–Crippen LogP) is 7.82. The number of aliphatic hydroxyl groups is 1. The molecule has 0 fully saturated rings. The van der Waals surface area contributed by atoms with Gasteiger partial charge in [0.2, 0.25) is 5.91 Å². The molecule has 0 saturated heterocycles. The largest absolute Gasteiger partial charge is 0.380 e. The first-order chi connectivity index (χ1) is 14.1. The van der Waals surface area contributed by atoms with Crippen molar-refractivity contribution in [1.29, 1.82) is 0 Å². The summed E-state index contributed by atoms with van der Waals surface area (Å²) in [4.78, 5) is 11.8. The Morgan fingerprint density at radius 1 is 0.552 bits per heavy atom. The Morgan fingerprint density at radius 3 is 1.03 bits per heavy atom. The molecule has 1 amide bonds. The third kappa shape index (κ3) is 18.0. The van der Waals surface area contributed by atoms with Crippen molar-refractivity contribution >= 4 is 5.91 Å². The van der Waals surface area contributed by atoms with Gasteiger partial charge in [0.15, 0.2) is 0 Å². The third-order valence-electron chi connectivity index (χ3n) is 6.35. The van der Waals surface area contributed by atoms with Crippen LogP contribution in [0.4, 0.5) is 0 Å². The van der Waals surface area contributed by atoms with Crippen molar-refractivity contribution in [2.24, 2.45) is 5.73 Å². The van der Waals surface area contributed by atoms with Crippen molar-refractivity contribution in [3.05, 3.63) is 0 Å². The van der Waals surface area contributed by atoms with Crippen LogP contribution in [0.25, 0.3) is 0 Å². The maximum absolute atomic E-state index is 11.8. The van der Waals surface area contributed by atoms with Crippen LogP contribution in [0.1, 0.15) is 155 Å². The van der Waals surface area contributed by atoms with E-state index in [1.165, 1.54) is 103 Å². The zero-order chi connectivity index (χ0) is 21.6. The number of carbonyl (C=O) groups excluding carboxylic acids is 1. The minimum absolute atomic E-state index is 0.524. The molecule has 0 aliphatic heterocycles. The molecule has 0 aromatic heterocycles. The summed E-state index contributed by atoms with van der Waals surface area (Å²) in [7, 11) is 0.